The molecule has 0 saturated heterocycles. The molecule has 0 aliphatic carbocycles. The van der Waals surface area contributed by atoms with Crippen LogP contribution in [0.5, 0.6) is 11.5 Å². The summed E-state index contributed by atoms with van der Waals surface area (Å²) in [7, 11) is 3.08. The summed E-state index contributed by atoms with van der Waals surface area (Å²) in [5.41, 5.74) is 2.31. The van der Waals surface area contributed by atoms with Crippen molar-refractivity contribution >= 4 is 28.9 Å². The van der Waals surface area contributed by atoms with Crippen LogP contribution in [0.25, 0.3) is 0 Å². The van der Waals surface area contributed by atoms with Crippen molar-refractivity contribution in [1.29, 1.82) is 0 Å². The standard InChI is InChI=1S/C23H23N3O4/c1-29-17-12-13-20(21(14-17)30-2)25-22(27)15-24-18-10-6-7-11-19(18)26-23(28)16-8-4-3-5-9-16/h3-14,24H,15H2,1-2H3,(H,25,27)(H,26,28). The SMILES string of the molecule is COc1ccc(NC(=O)CNc2ccccc2NC(=O)c2ccccc2)c(OC)c1. The molecular weight excluding hydrogens is 382 g/mol. The zero-order valence-electron chi connectivity index (χ0n) is 16.8. The lowest BCUT2D eigenvalue weighted by Gasteiger charge is -2.14. The summed E-state index contributed by atoms with van der Waals surface area (Å²) in [4.78, 5) is 24.8. The second-order valence-electron chi connectivity index (χ2n) is 6.33. The number of nitrogens with one attached hydrogen (secondary N) is 3. The molecule has 0 fully saturated rings. The number of carbonyl (C=O) groups excluding carboxylic acids is 2. The van der Waals surface area contributed by atoms with E-state index < -0.39 is 0 Å². The van der Waals surface area contributed by atoms with Crippen LogP contribution in [0.2, 0.25) is 0 Å². The number of hydrogen-bond donors (Lipinski definition) is 3. The van der Waals surface area contributed by atoms with Gasteiger partial charge in [-0.25, -0.2) is 0 Å². The maximum Gasteiger partial charge on any atom is 0.255 e. The molecule has 3 aromatic carbocycles. The van der Waals surface area contributed by atoms with Gasteiger partial charge in [-0.3, -0.25) is 9.59 Å². The number of methoxy groups -OCH3 is 2. The van der Waals surface area contributed by atoms with Crippen LogP contribution in [-0.4, -0.2) is 32.6 Å². The summed E-state index contributed by atoms with van der Waals surface area (Å²) < 4.78 is 10.5. The Morgan fingerprint density at radius 1 is 0.767 bits per heavy atom. The average molecular weight is 405 g/mol. The van der Waals surface area contributed by atoms with Gasteiger partial charge in [0, 0.05) is 11.6 Å². The highest BCUT2D eigenvalue weighted by molar-refractivity contribution is 6.06. The molecule has 0 aliphatic heterocycles. The minimum atomic E-state index is -0.261. The van der Waals surface area contributed by atoms with E-state index in [1.54, 1.807) is 61.7 Å². The highest BCUT2D eigenvalue weighted by atomic mass is 16.5. The topological polar surface area (TPSA) is 88.7 Å². The van der Waals surface area contributed by atoms with Crippen LogP contribution < -0.4 is 25.4 Å². The molecule has 0 unspecified atom stereocenters. The molecule has 7 heteroatoms. The van der Waals surface area contributed by atoms with E-state index >= 15 is 0 Å². The van der Waals surface area contributed by atoms with Crippen molar-refractivity contribution in [2.75, 3.05) is 36.7 Å². The van der Waals surface area contributed by atoms with E-state index in [1.807, 2.05) is 18.2 Å². The maximum absolute atomic E-state index is 12.4. The lowest BCUT2D eigenvalue weighted by molar-refractivity contribution is -0.114. The van der Waals surface area contributed by atoms with Crippen LogP contribution in [0, 0.1) is 0 Å². The molecular formula is C23H23N3O4. The number of para-hydroxylation sites is 2. The largest absolute Gasteiger partial charge is 0.497 e. The Hall–Kier alpha value is -4.00. The Bertz CT molecular complexity index is 1020. The molecule has 2 amide bonds. The van der Waals surface area contributed by atoms with Crippen LogP contribution in [0.4, 0.5) is 17.1 Å². The van der Waals surface area contributed by atoms with E-state index in [9.17, 15) is 9.59 Å². The summed E-state index contributed by atoms with van der Waals surface area (Å²) in [6.45, 7) is 0.00735. The molecule has 3 N–H and O–H groups in total. The number of rotatable bonds is 8. The molecule has 0 heterocycles. The normalized spacial score (nSPS) is 10.1. The van der Waals surface area contributed by atoms with Gasteiger partial charge >= 0.3 is 0 Å². The summed E-state index contributed by atoms with van der Waals surface area (Å²) in [6.07, 6.45) is 0. The predicted octanol–water partition coefficient (Wildman–Crippen LogP) is 4.01. The van der Waals surface area contributed by atoms with E-state index in [4.69, 9.17) is 9.47 Å². The second kappa shape index (κ2) is 9.97. The molecule has 30 heavy (non-hydrogen) atoms. The quantitative estimate of drug-likeness (QED) is 0.527. The van der Waals surface area contributed by atoms with Gasteiger partial charge in [-0.15, -0.1) is 0 Å². The zero-order chi connectivity index (χ0) is 21.3. The number of amides is 2. The lowest BCUT2D eigenvalue weighted by atomic mass is 10.2. The van der Waals surface area contributed by atoms with Gasteiger partial charge in [0.15, 0.2) is 0 Å². The van der Waals surface area contributed by atoms with E-state index in [-0.39, 0.29) is 18.4 Å². The van der Waals surface area contributed by atoms with Crippen molar-refractivity contribution in [3.63, 3.8) is 0 Å². The average Bonchev–Trinajstić information content (AvgIpc) is 2.79. The molecule has 0 saturated carbocycles. The zero-order valence-corrected chi connectivity index (χ0v) is 16.8. The number of ether oxygens (including phenoxy) is 2. The van der Waals surface area contributed by atoms with Gasteiger partial charge in [-0.2, -0.15) is 0 Å². The Labute approximate surface area is 175 Å². The van der Waals surface area contributed by atoms with Crippen LogP contribution in [0.3, 0.4) is 0 Å². The van der Waals surface area contributed by atoms with E-state index in [0.717, 1.165) is 0 Å². The van der Waals surface area contributed by atoms with Gasteiger partial charge in [0.1, 0.15) is 11.5 Å². The van der Waals surface area contributed by atoms with E-state index in [2.05, 4.69) is 16.0 Å². The molecule has 3 aromatic rings. The van der Waals surface area contributed by atoms with E-state index in [0.29, 0.717) is 34.1 Å². The molecule has 0 bridgehead atoms. The summed E-state index contributed by atoms with van der Waals surface area (Å²) in [5.74, 6) is 0.643. The molecule has 0 aliphatic rings. The molecule has 154 valence electrons. The van der Waals surface area contributed by atoms with Gasteiger partial charge in [-0.1, -0.05) is 30.3 Å². The maximum atomic E-state index is 12.4. The molecule has 0 atom stereocenters. The molecule has 3 rings (SSSR count). The van der Waals surface area contributed by atoms with Gasteiger partial charge in [0.05, 0.1) is 37.8 Å². The highest BCUT2D eigenvalue weighted by Gasteiger charge is 2.11. The third-order valence-electron chi connectivity index (χ3n) is 4.33. The fourth-order valence-corrected chi connectivity index (χ4v) is 2.80. The highest BCUT2D eigenvalue weighted by Crippen LogP contribution is 2.29. The first-order valence-corrected chi connectivity index (χ1v) is 9.32. The summed E-state index contributed by atoms with van der Waals surface area (Å²) in [5, 5.41) is 8.72. The van der Waals surface area contributed by atoms with Gasteiger partial charge < -0.3 is 25.4 Å². The van der Waals surface area contributed by atoms with Gasteiger partial charge in [-0.05, 0) is 36.4 Å². The van der Waals surface area contributed by atoms with Crippen molar-refractivity contribution in [3.8, 4) is 11.5 Å². The molecule has 0 aromatic heterocycles. The minimum absolute atomic E-state index is 0.00735. The summed E-state index contributed by atoms with van der Waals surface area (Å²) in [6, 6.07) is 21.3. The third kappa shape index (κ3) is 5.29. The Morgan fingerprint density at radius 3 is 2.17 bits per heavy atom. The first-order valence-electron chi connectivity index (χ1n) is 9.32. The van der Waals surface area contributed by atoms with Crippen LogP contribution in [0.15, 0.2) is 72.8 Å². The van der Waals surface area contributed by atoms with Crippen LogP contribution >= 0.6 is 0 Å². The van der Waals surface area contributed by atoms with Crippen LogP contribution in [-0.2, 0) is 4.79 Å². The van der Waals surface area contributed by atoms with Crippen molar-refractivity contribution in [2.24, 2.45) is 0 Å². The number of benzene rings is 3. The second-order valence-corrected chi connectivity index (χ2v) is 6.33. The number of anilines is 3. The number of hydrogen-bond acceptors (Lipinski definition) is 5. The Balaban J connectivity index is 1.64. The van der Waals surface area contributed by atoms with Crippen LogP contribution in [0.1, 0.15) is 10.4 Å². The third-order valence-corrected chi connectivity index (χ3v) is 4.33. The summed E-state index contributed by atoms with van der Waals surface area (Å²) >= 11 is 0. The lowest BCUT2D eigenvalue weighted by Crippen LogP contribution is -2.23. The minimum Gasteiger partial charge on any atom is -0.497 e. The Kier molecular flexibility index (Phi) is 6.89. The molecule has 0 spiro atoms. The number of carbonyl (C=O) groups is 2. The fourth-order valence-electron chi connectivity index (χ4n) is 2.80. The van der Waals surface area contributed by atoms with Crippen molar-refractivity contribution < 1.29 is 19.1 Å². The van der Waals surface area contributed by atoms with Crippen molar-refractivity contribution in [1.82, 2.24) is 0 Å². The Morgan fingerprint density at radius 2 is 1.47 bits per heavy atom. The molecule has 7 nitrogen and oxygen atoms in total. The smallest absolute Gasteiger partial charge is 0.255 e. The first kappa shape index (κ1) is 20.7. The van der Waals surface area contributed by atoms with Crippen molar-refractivity contribution in [2.45, 2.75) is 0 Å². The predicted molar refractivity (Wildman–Crippen MR) is 118 cm³/mol. The monoisotopic (exact) mass is 405 g/mol. The van der Waals surface area contributed by atoms with Gasteiger partial charge in [0.2, 0.25) is 5.91 Å². The van der Waals surface area contributed by atoms with Gasteiger partial charge in [0.25, 0.3) is 5.91 Å². The molecule has 0 radical (unpaired) electrons. The first-order chi connectivity index (χ1) is 14.6. The fraction of sp³-hybridized carbons (Fsp3) is 0.130. The van der Waals surface area contributed by atoms with E-state index in [1.165, 1.54) is 7.11 Å². The van der Waals surface area contributed by atoms with Crippen molar-refractivity contribution in [3.05, 3.63) is 78.4 Å².